The lowest BCUT2D eigenvalue weighted by molar-refractivity contribution is 0.218. The second kappa shape index (κ2) is 3.81. The molecular formula is C9H7FN2OS. The number of halogens is 1. The van der Waals surface area contributed by atoms with Gasteiger partial charge in [0.05, 0.1) is 11.1 Å². The molecule has 0 amide bonds. The molecular weight excluding hydrogens is 203 g/mol. The maximum Gasteiger partial charge on any atom is 0.147 e. The van der Waals surface area contributed by atoms with Crippen LogP contribution in [0, 0.1) is 5.82 Å². The summed E-state index contributed by atoms with van der Waals surface area (Å²) < 4.78 is 17.0. The van der Waals surface area contributed by atoms with E-state index >= 15 is 0 Å². The molecule has 0 fully saturated rings. The highest BCUT2D eigenvalue weighted by atomic mass is 32.1. The molecule has 0 saturated heterocycles. The van der Waals surface area contributed by atoms with Crippen LogP contribution in [0.3, 0.4) is 0 Å². The highest BCUT2D eigenvalue weighted by molar-refractivity contribution is 7.05. The summed E-state index contributed by atoms with van der Waals surface area (Å²) in [5.41, 5.74) is 0.226. The van der Waals surface area contributed by atoms with Crippen molar-refractivity contribution in [3.05, 3.63) is 47.0 Å². The largest absolute Gasteiger partial charge is 0.383 e. The van der Waals surface area contributed by atoms with E-state index in [-0.39, 0.29) is 5.56 Å². The number of pyridine rings is 1. The number of aliphatic hydroxyl groups excluding tert-OH is 1. The molecule has 0 aromatic carbocycles. The van der Waals surface area contributed by atoms with Crippen LogP contribution in [0.1, 0.15) is 16.5 Å². The molecule has 0 aliphatic rings. The molecule has 0 saturated carbocycles. The molecule has 1 unspecified atom stereocenters. The first-order valence-corrected chi connectivity index (χ1v) is 4.74. The number of rotatable bonds is 2. The molecule has 2 aromatic rings. The molecule has 14 heavy (non-hydrogen) atoms. The highest BCUT2D eigenvalue weighted by Gasteiger charge is 2.15. The van der Waals surface area contributed by atoms with Gasteiger partial charge in [-0.2, -0.15) is 0 Å². The van der Waals surface area contributed by atoms with Crippen LogP contribution in [0.4, 0.5) is 4.39 Å². The lowest BCUT2D eigenvalue weighted by atomic mass is 10.1. The Bertz CT molecular complexity index is 419. The Balaban J connectivity index is 2.37. The van der Waals surface area contributed by atoms with Gasteiger partial charge in [0, 0.05) is 18.0 Å². The van der Waals surface area contributed by atoms with Gasteiger partial charge in [-0.15, -0.1) is 0 Å². The molecule has 0 spiro atoms. The first kappa shape index (κ1) is 9.23. The lowest BCUT2D eigenvalue weighted by Gasteiger charge is -2.08. The van der Waals surface area contributed by atoms with Crippen molar-refractivity contribution in [2.24, 2.45) is 0 Å². The first-order valence-electron chi connectivity index (χ1n) is 3.97. The zero-order valence-electron chi connectivity index (χ0n) is 7.09. The average Bonchev–Trinajstić information content (AvgIpc) is 2.70. The third-order valence-electron chi connectivity index (χ3n) is 1.83. The van der Waals surface area contributed by atoms with Crippen molar-refractivity contribution in [1.82, 2.24) is 9.36 Å². The molecule has 0 bridgehead atoms. The third kappa shape index (κ3) is 1.64. The zero-order chi connectivity index (χ0) is 9.97. The second-order valence-corrected chi connectivity index (χ2v) is 3.58. The van der Waals surface area contributed by atoms with Gasteiger partial charge >= 0.3 is 0 Å². The topological polar surface area (TPSA) is 46.0 Å². The van der Waals surface area contributed by atoms with Gasteiger partial charge in [0.2, 0.25) is 0 Å². The average molecular weight is 210 g/mol. The van der Waals surface area contributed by atoms with Crippen LogP contribution in [0.2, 0.25) is 0 Å². The molecule has 0 radical (unpaired) electrons. The standard InChI is InChI=1S/C9H7FN2OS/c10-7-5-11-3-1-6(7)9(13)8-2-4-12-14-8/h1-5,9,13H. The Kier molecular flexibility index (Phi) is 2.51. The molecule has 1 N–H and O–H groups in total. The van der Waals surface area contributed by atoms with Crippen LogP contribution in [0.25, 0.3) is 0 Å². The SMILES string of the molecule is OC(c1ccns1)c1ccncc1F. The Labute approximate surface area is 84.0 Å². The number of hydrogen-bond acceptors (Lipinski definition) is 4. The second-order valence-electron chi connectivity index (χ2n) is 2.71. The van der Waals surface area contributed by atoms with Gasteiger partial charge in [-0.25, -0.2) is 8.76 Å². The van der Waals surface area contributed by atoms with E-state index in [9.17, 15) is 9.50 Å². The van der Waals surface area contributed by atoms with Crippen LogP contribution < -0.4 is 0 Å². The van der Waals surface area contributed by atoms with E-state index in [1.165, 1.54) is 12.3 Å². The van der Waals surface area contributed by atoms with E-state index in [0.717, 1.165) is 17.7 Å². The summed E-state index contributed by atoms with van der Waals surface area (Å²) in [4.78, 5) is 4.23. The van der Waals surface area contributed by atoms with Crippen molar-refractivity contribution in [2.75, 3.05) is 0 Å². The van der Waals surface area contributed by atoms with E-state index in [2.05, 4.69) is 9.36 Å². The van der Waals surface area contributed by atoms with Crippen molar-refractivity contribution in [2.45, 2.75) is 6.10 Å². The van der Waals surface area contributed by atoms with Crippen LogP contribution in [0.15, 0.2) is 30.7 Å². The van der Waals surface area contributed by atoms with Gasteiger partial charge in [0.15, 0.2) is 0 Å². The summed E-state index contributed by atoms with van der Waals surface area (Å²) in [5.74, 6) is -0.506. The van der Waals surface area contributed by atoms with Crippen LogP contribution in [-0.2, 0) is 0 Å². The molecule has 0 aliphatic heterocycles. The minimum Gasteiger partial charge on any atom is -0.383 e. The summed E-state index contributed by atoms with van der Waals surface area (Å²) >= 11 is 1.15. The third-order valence-corrected chi connectivity index (χ3v) is 2.62. The van der Waals surface area contributed by atoms with Gasteiger partial charge in [-0.1, -0.05) is 0 Å². The van der Waals surface area contributed by atoms with Crippen molar-refractivity contribution in [3.63, 3.8) is 0 Å². The molecule has 2 heterocycles. The van der Waals surface area contributed by atoms with Crippen molar-refractivity contribution in [1.29, 1.82) is 0 Å². The summed E-state index contributed by atoms with van der Waals surface area (Å²) in [6.45, 7) is 0. The Hall–Kier alpha value is -1.33. The number of aromatic nitrogens is 2. The summed E-state index contributed by atoms with van der Waals surface area (Å²) in [7, 11) is 0. The summed E-state index contributed by atoms with van der Waals surface area (Å²) in [5, 5.41) is 9.76. The Morgan fingerprint density at radius 3 is 2.86 bits per heavy atom. The highest BCUT2D eigenvalue weighted by Crippen LogP contribution is 2.25. The van der Waals surface area contributed by atoms with Gasteiger partial charge < -0.3 is 5.11 Å². The van der Waals surface area contributed by atoms with E-state index in [1.54, 1.807) is 12.3 Å². The van der Waals surface area contributed by atoms with E-state index < -0.39 is 11.9 Å². The quantitative estimate of drug-likeness (QED) is 0.821. The molecule has 72 valence electrons. The minimum absolute atomic E-state index is 0.226. The lowest BCUT2D eigenvalue weighted by Crippen LogP contribution is -2.00. The molecule has 1 atom stereocenters. The van der Waals surface area contributed by atoms with Gasteiger partial charge in [-0.3, -0.25) is 4.98 Å². The minimum atomic E-state index is -0.953. The van der Waals surface area contributed by atoms with E-state index in [4.69, 9.17) is 0 Å². The molecule has 0 aliphatic carbocycles. The zero-order valence-corrected chi connectivity index (χ0v) is 7.91. The van der Waals surface area contributed by atoms with Gasteiger partial charge in [-0.05, 0) is 23.7 Å². The number of nitrogens with zero attached hydrogens (tertiary/aromatic N) is 2. The van der Waals surface area contributed by atoms with Crippen molar-refractivity contribution >= 4 is 11.5 Å². The Morgan fingerprint density at radius 1 is 1.36 bits per heavy atom. The van der Waals surface area contributed by atoms with E-state index in [1.807, 2.05) is 0 Å². The van der Waals surface area contributed by atoms with Crippen molar-refractivity contribution in [3.8, 4) is 0 Å². The van der Waals surface area contributed by atoms with Crippen LogP contribution in [-0.4, -0.2) is 14.5 Å². The van der Waals surface area contributed by atoms with Crippen molar-refractivity contribution < 1.29 is 9.50 Å². The van der Waals surface area contributed by atoms with Gasteiger partial charge in [0.1, 0.15) is 11.9 Å². The number of hydrogen-bond donors (Lipinski definition) is 1. The first-order chi connectivity index (χ1) is 6.79. The predicted octanol–water partition coefficient (Wildman–Crippen LogP) is 1.76. The van der Waals surface area contributed by atoms with Gasteiger partial charge in [0.25, 0.3) is 0 Å². The summed E-state index contributed by atoms with van der Waals surface area (Å²) in [6.07, 6.45) is 3.15. The molecule has 2 aromatic heterocycles. The fraction of sp³-hybridized carbons (Fsp3) is 0.111. The van der Waals surface area contributed by atoms with E-state index in [0.29, 0.717) is 4.88 Å². The fourth-order valence-corrected chi connectivity index (χ4v) is 1.72. The normalized spacial score (nSPS) is 12.7. The monoisotopic (exact) mass is 210 g/mol. The maximum atomic E-state index is 13.2. The fourth-order valence-electron chi connectivity index (χ4n) is 1.13. The molecule has 3 nitrogen and oxygen atoms in total. The predicted molar refractivity (Wildman–Crippen MR) is 50.4 cm³/mol. The summed E-state index contributed by atoms with van der Waals surface area (Å²) in [6, 6.07) is 3.12. The Morgan fingerprint density at radius 2 is 2.21 bits per heavy atom. The molecule has 2 rings (SSSR count). The number of aliphatic hydroxyl groups is 1. The molecule has 5 heteroatoms. The van der Waals surface area contributed by atoms with Crippen LogP contribution >= 0.6 is 11.5 Å². The smallest absolute Gasteiger partial charge is 0.147 e. The van der Waals surface area contributed by atoms with Crippen LogP contribution in [0.5, 0.6) is 0 Å². The maximum absolute atomic E-state index is 13.2.